The number of hydrogen-bond acceptors (Lipinski definition) is 2. The average Bonchev–Trinajstić information content (AvgIpc) is 2.35. The number of aliphatic carboxylic acids is 1. The quantitative estimate of drug-likeness (QED) is 0.878. The van der Waals surface area contributed by atoms with Crippen LogP contribution in [0, 0.1) is 5.92 Å². The molecule has 1 unspecified atom stereocenters. The van der Waals surface area contributed by atoms with Gasteiger partial charge >= 0.3 is 5.97 Å². The van der Waals surface area contributed by atoms with Gasteiger partial charge in [0, 0.05) is 11.6 Å². The first-order valence-electron chi connectivity index (χ1n) is 6.57. The Hall–Kier alpha value is -1.55. The summed E-state index contributed by atoms with van der Waals surface area (Å²) in [4.78, 5) is 24.7. The average molecular weight is 298 g/mol. The van der Waals surface area contributed by atoms with Crippen LogP contribution in [0.3, 0.4) is 0 Å². The van der Waals surface area contributed by atoms with E-state index in [-0.39, 0.29) is 18.4 Å². The molecule has 20 heavy (non-hydrogen) atoms. The van der Waals surface area contributed by atoms with Crippen molar-refractivity contribution in [2.24, 2.45) is 5.92 Å². The highest BCUT2D eigenvalue weighted by molar-refractivity contribution is 6.30. The van der Waals surface area contributed by atoms with E-state index >= 15 is 0 Å². The highest BCUT2D eigenvalue weighted by Crippen LogP contribution is 2.21. The van der Waals surface area contributed by atoms with Crippen LogP contribution in [0.2, 0.25) is 5.02 Å². The van der Waals surface area contributed by atoms with Crippen molar-refractivity contribution in [1.82, 2.24) is 4.90 Å². The van der Waals surface area contributed by atoms with Gasteiger partial charge in [0.2, 0.25) is 5.91 Å². The number of carbonyl (C=O) groups is 2. The molecule has 0 aromatic heterocycles. The Morgan fingerprint density at radius 2 is 1.95 bits per heavy atom. The van der Waals surface area contributed by atoms with E-state index in [0.29, 0.717) is 11.6 Å². The van der Waals surface area contributed by atoms with Crippen LogP contribution >= 0.6 is 11.6 Å². The van der Waals surface area contributed by atoms with Crippen LogP contribution in [0.15, 0.2) is 24.3 Å². The second-order valence-corrected chi connectivity index (χ2v) is 5.72. The molecule has 1 aromatic rings. The Labute approximate surface area is 124 Å². The summed E-state index contributed by atoms with van der Waals surface area (Å²) in [7, 11) is 0. The molecule has 1 rings (SSSR count). The van der Waals surface area contributed by atoms with Gasteiger partial charge < -0.3 is 10.0 Å². The van der Waals surface area contributed by atoms with E-state index < -0.39 is 11.9 Å². The largest absolute Gasteiger partial charge is 0.480 e. The zero-order valence-electron chi connectivity index (χ0n) is 12.0. The molecule has 0 radical (unpaired) electrons. The molecule has 0 aliphatic carbocycles. The minimum Gasteiger partial charge on any atom is -0.480 e. The summed E-state index contributed by atoms with van der Waals surface area (Å²) in [6.07, 6.45) is 0. The summed E-state index contributed by atoms with van der Waals surface area (Å²) in [5, 5.41) is 9.49. The van der Waals surface area contributed by atoms with Crippen LogP contribution in [0.25, 0.3) is 0 Å². The van der Waals surface area contributed by atoms with Crippen LogP contribution < -0.4 is 0 Å². The fourth-order valence-corrected chi connectivity index (χ4v) is 2.23. The van der Waals surface area contributed by atoms with Crippen LogP contribution in [-0.4, -0.2) is 35.0 Å². The van der Waals surface area contributed by atoms with E-state index in [0.717, 1.165) is 5.56 Å². The number of halogens is 1. The molecular formula is C15H20ClNO3. The van der Waals surface area contributed by atoms with Crippen molar-refractivity contribution in [3.8, 4) is 0 Å². The standard InChI is InChI=1S/C15H20ClNO3/c1-10(2)8-17(9-14(18)19)15(20)11(3)12-5-4-6-13(16)7-12/h4-7,10-11H,8-9H2,1-3H3,(H,18,19). The molecule has 110 valence electrons. The second kappa shape index (κ2) is 7.29. The van der Waals surface area contributed by atoms with Crippen molar-refractivity contribution in [2.45, 2.75) is 26.7 Å². The lowest BCUT2D eigenvalue weighted by Gasteiger charge is -2.26. The molecule has 4 nitrogen and oxygen atoms in total. The van der Waals surface area contributed by atoms with Crippen molar-refractivity contribution >= 4 is 23.5 Å². The van der Waals surface area contributed by atoms with Gasteiger partial charge in [0.15, 0.2) is 0 Å². The summed E-state index contributed by atoms with van der Waals surface area (Å²) in [5.74, 6) is -1.39. The number of nitrogens with zero attached hydrogens (tertiary/aromatic N) is 1. The van der Waals surface area contributed by atoms with Crippen LogP contribution in [0.1, 0.15) is 32.3 Å². The normalized spacial score (nSPS) is 12.2. The lowest BCUT2D eigenvalue weighted by Crippen LogP contribution is -2.40. The first-order chi connectivity index (χ1) is 9.31. The first-order valence-corrected chi connectivity index (χ1v) is 6.95. The van der Waals surface area contributed by atoms with Gasteiger partial charge in [-0.2, -0.15) is 0 Å². The molecule has 5 heteroatoms. The van der Waals surface area contributed by atoms with Gasteiger partial charge in [0.05, 0.1) is 5.92 Å². The summed E-state index contributed by atoms with van der Waals surface area (Å²) in [6.45, 7) is 5.82. The first kappa shape index (κ1) is 16.5. The number of hydrogen-bond donors (Lipinski definition) is 1. The molecule has 1 aromatic carbocycles. The van der Waals surface area contributed by atoms with Gasteiger partial charge in [-0.3, -0.25) is 9.59 Å². The van der Waals surface area contributed by atoms with Crippen molar-refractivity contribution in [1.29, 1.82) is 0 Å². The number of carboxylic acids is 1. The zero-order valence-corrected chi connectivity index (χ0v) is 12.7. The molecule has 0 bridgehead atoms. The van der Waals surface area contributed by atoms with Gasteiger partial charge in [0.25, 0.3) is 0 Å². The van der Waals surface area contributed by atoms with Gasteiger partial charge in [-0.05, 0) is 30.5 Å². The number of amides is 1. The molecule has 1 atom stereocenters. The van der Waals surface area contributed by atoms with Gasteiger partial charge in [-0.25, -0.2) is 0 Å². The Bertz CT molecular complexity index is 488. The fourth-order valence-electron chi connectivity index (χ4n) is 2.03. The van der Waals surface area contributed by atoms with E-state index in [1.54, 1.807) is 25.1 Å². The highest BCUT2D eigenvalue weighted by atomic mass is 35.5. The molecule has 0 aliphatic heterocycles. The minimum absolute atomic E-state index is 0.191. The maximum Gasteiger partial charge on any atom is 0.323 e. The molecule has 0 spiro atoms. The van der Waals surface area contributed by atoms with Crippen LogP contribution in [0.5, 0.6) is 0 Å². The van der Waals surface area contributed by atoms with E-state index in [2.05, 4.69) is 0 Å². The zero-order chi connectivity index (χ0) is 15.3. The van der Waals surface area contributed by atoms with Gasteiger partial charge in [-0.1, -0.05) is 37.6 Å². The fraction of sp³-hybridized carbons (Fsp3) is 0.467. The summed E-state index contributed by atoms with van der Waals surface area (Å²) in [6, 6.07) is 7.08. The van der Waals surface area contributed by atoms with Gasteiger partial charge in [-0.15, -0.1) is 0 Å². The number of rotatable bonds is 6. The molecule has 0 saturated heterocycles. The lowest BCUT2D eigenvalue weighted by molar-refractivity contribution is -0.145. The summed E-state index contributed by atoms with van der Waals surface area (Å²) in [5.41, 5.74) is 0.793. The van der Waals surface area contributed by atoms with Crippen molar-refractivity contribution in [2.75, 3.05) is 13.1 Å². The third-order valence-electron chi connectivity index (χ3n) is 2.94. The maximum atomic E-state index is 12.4. The minimum atomic E-state index is -1.00. The Morgan fingerprint density at radius 3 is 2.45 bits per heavy atom. The lowest BCUT2D eigenvalue weighted by atomic mass is 9.99. The summed E-state index contributed by atoms with van der Waals surface area (Å²) < 4.78 is 0. The maximum absolute atomic E-state index is 12.4. The highest BCUT2D eigenvalue weighted by Gasteiger charge is 2.24. The van der Waals surface area contributed by atoms with Crippen molar-refractivity contribution < 1.29 is 14.7 Å². The second-order valence-electron chi connectivity index (χ2n) is 5.28. The van der Waals surface area contributed by atoms with E-state index in [1.165, 1.54) is 4.90 Å². The number of carboxylic acid groups (broad SMARTS) is 1. The summed E-state index contributed by atoms with van der Waals surface area (Å²) >= 11 is 5.92. The SMILES string of the molecule is CC(C)CN(CC(=O)O)C(=O)C(C)c1cccc(Cl)c1. The van der Waals surface area contributed by atoms with E-state index in [1.807, 2.05) is 19.9 Å². The molecule has 0 heterocycles. The third-order valence-corrected chi connectivity index (χ3v) is 3.18. The predicted octanol–water partition coefficient (Wildman–Crippen LogP) is 3.01. The van der Waals surface area contributed by atoms with Crippen molar-refractivity contribution in [3.63, 3.8) is 0 Å². The Morgan fingerprint density at radius 1 is 1.30 bits per heavy atom. The number of benzene rings is 1. The molecular weight excluding hydrogens is 278 g/mol. The topological polar surface area (TPSA) is 57.6 Å². The molecule has 0 fully saturated rings. The van der Waals surface area contributed by atoms with E-state index in [4.69, 9.17) is 16.7 Å². The van der Waals surface area contributed by atoms with Crippen molar-refractivity contribution in [3.05, 3.63) is 34.9 Å². The molecule has 0 aliphatic rings. The van der Waals surface area contributed by atoms with E-state index in [9.17, 15) is 9.59 Å². The number of carbonyl (C=O) groups excluding carboxylic acids is 1. The molecule has 1 amide bonds. The molecule has 0 saturated carbocycles. The Kier molecular flexibility index (Phi) is 6.02. The third kappa shape index (κ3) is 4.85. The van der Waals surface area contributed by atoms with Crippen LogP contribution in [-0.2, 0) is 9.59 Å². The van der Waals surface area contributed by atoms with Crippen LogP contribution in [0.4, 0.5) is 0 Å². The monoisotopic (exact) mass is 297 g/mol. The van der Waals surface area contributed by atoms with Gasteiger partial charge in [0.1, 0.15) is 6.54 Å². The molecule has 1 N–H and O–H groups in total. The smallest absolute Gasteiger partial charge is 0.323 e. The Balaban J connectivity index is 2.90. The predicted molar refractivity (Wildman–Crippen MR) is 78.9 cm³/mol.